The molecule has 3 rings (SSSR count). The summed E-state index contributed by atoms with van der Waals surface area (Å²) in [5.41, 5.74) is 1.23. The molecule has 1 aromatic carbocycles. The number of hydrogen-bond donors (Lipinski definition) is 1. The Morgan fingerprint density at radius 3 is 2.80 bits per heavy atom. The van der Waals surface area contributed by atoms with E-state index in [4.69, 9.17) is 11.6 Å². The number of carbonyl (C=O) groups is 1. The van der Waals surface area contributed by atoms with Gasteiger partial charge in [-0.25, -0.2) is 0 Å². The number of nitrogens with one attached hydrogen (secondary N) is 1. The zero-order chi connectivity index (χ0) is 14.1. The van der Waals surface area contributed by atoms with E-state index in [9.17, 15) is 4.79 Å². The van der Waals surface area contributed by atoms with Gasteiger partial charge in [0.05, 0.1) is 0 Å². The Morgan fingerprint density at radius 2 is 2.10 bits per heavy atom. The molecule has 1 saturated carbocycles. The SMILES string of the molecule is CN1CCCC(NC(=O)C2CC2c2ccc(Cl)cc2)C1. The lowest BCUT2D eigenvalue weighted by Crippen LogP contribution is -2.46. The molecule has 1 aliphatic heterocycles. The van der Waals surface area contributed by atoms with Crippen molar-refractivity contribution in [2.75, 3.05) is 20.1 Å². The van der Waals surface area contributed by atoms with Crippen LogP contribution in [-0.4, -0.2) is 37.0 Å². The fourth-order valence-corrected chi connectivity index (χ4v) is 3.28. The molecule has 3 unspecified atom stereocenters. The molecule has 1 aromatic rings. The highest BCUT2D eigenvalue weighted by molar-refractivity contribution is 6.30. The Labute approximate surface area is 125 Å². The number of piperidine rings is 1. The van der Waals surface area contributed by atoms with Crippen LogP contribution in [0.25, 0.3) is 0 Å². The van der Waals surface area contributed by atoms with Crippen LogP contribution in [0.3, 0.4) is 0 Å². The molecule has 0 bridgehead atoms. The van der Waals surface area contributed by atoms with E-state index < -0.39 is 0 Å². The Kier molecular flexibility index (Phi) is 3.99. The summed E-state index contributed by atoms with van der Waals surface area (Å²) >= 11 is 5.89. The van der Waals surface area contributed by atoms with Crippen LogP contribution in [0.5, 0.6) is 0 Å². The van der Waals surface area contributed by atoms with Crippen LogP contribution in [0.4, 0.5) is 0 Å². The lowest BCUT2D eigenvalue weighted by molar-refractivity contribution is -0.123. The van der Waals surface area contributed by atoms with Gasteiger partial charge in [0.25, 0.3) is 0 Å². The maximum atomic E-state index is 12.3. The second-order valence-corrected chi connectivity index (χ2v) is 6.55. The van der Waals surface area contributed by atoms with E-state index in [0.29, 0.717) is 12.0 Å². The highest BCUT2D eigenvalue weighted by atomic mass is 35.5. The summed E-state index contributed by atoms with van der Waals surface area (Å²) in [6, 6.07) is 8.21. The third-order valence-corrected chi connectivity index (χ3v) is 4.65. The summed E-state index contributed by atoms with van der Waals surface area (Å²) in [7, 11) is 2.12. The van der Waals surface area contributed by atoms with Crippen molar-refractivity contribution in [1.82, 2.24) is 10.2 Å². The average Bonchev–Trinajstić information content (AvgIpc) is 3.20. The van der Waals surface area contributed by atoms with Gasteiger partial charge in [-0.2, -0.15) is 0 Å². The van der Waals surface area contributed by atoms with Crippen molar-refractivity contribution in [3.05, 3.63) is 34.9 Å². The number of nitrogens with zero attached hydrogens (tertiary/aromatic N) is 1. The fraction of sp³-hybridized carbons (Fsp3) is 0.562. The third kappa shape index (κ3) is 3.15. The van der Waals surface area contributed by atoms with Gasteiger partial charge in [0.1, 0.15) is 0 Å². The molecule has 2 fully saturated rings. The quantitative estimate of drug-likeness (QED) is 0.929. The minimum atomic E-state index is 0.156. The number of amides is 1. The van der Waals surface area contributed by atoms with Crippen molar-refractivity contribution in [2.45, 2.75) is 31.2 Å². The number of rotatable bonds is 3. The van der Waals surface area contributed by atoms with Crippen LogP contribution >= 0.6 is 11.6 Å². The molecule has 4 heteroatoms. The first-order valence-corrected chi connectivity index (χ1v) is 7.75. The van der Waals surface area contributed by atoms with Gasteiger partial charge in [-0.05, 0) is 56.5 Å². The number of halogens is 1. The zero-order valence-corrected chi connectivity index (χ0v) is 12.6. The molecule has 3 nitrogen and oxygen atoms in total. The summed E-state index contributed by atoms with van der Waals surface area (Å²) in [6.07, 6.45) is 3.25. The Bertz CT molecular complexity index is 488. The van der Waals surface area contributed by atoms with E-state index in [-0.39, 0.29) is 11.8 Å². The number of likely N-dealkylation sites (tertiary alicyclic amines) is 1. The van der Waals surface area contributed by atoms with E-state index in [1.54, 1.807) is 0 Å². The number of carbonyl (C=O) groups excluding carboxylic acids is 1. The van der Waals surface area contributed by atoms with E-state index >= 15 is 0 Å². The van der Waals surface area contributed by atoms with Gasteiger partial charge in [0, 0.05) is 23.5 Å². The smallest absolute Gasteiger partial charge is 0.224 e. The number of benzene rings is 1. The molecule has 2 aliphatic rings. The Balaban J connectivity index is 1.53. The van der Waals surface area contributed by atoms with Crippen molar-refractivity contribution in [3.8, 4) is 0 Å². The summed E-state index contributed by atoms with van der Waals surface area (Å²) in [4.78, 5) is 14.6. The molecule has 20 heavy (non-hydrogen) atoms. The van der Waals surface area contributed by atoms with Crippen LogP contribution in [0.1, 0.15) is 30.7 Å². The molecule has 1 amide bonds. The molecule has 3 atom stereocenters. The van der Waals surface area contributed by atoms with Crippen molar-refractivity contribution in [3.63, 3.8) is 0 Å². The maximum absolute atomic E-state index is 12.3. The molecule has 0 radical (unpaired) electrons. The van der Waals surface area contributed by atoms with E-state index in [2.05, 4.69) is 17.3 Å². The zero-order valence-electron chi connectivity index (χ0n) is 11.8. The largest absolute Gasteiger partial charge is 0.352 e. The van der Waals surface area contributed by atoms with E-state index in [1.165, 1.54) is 12.0 Å². The molecular formula is C16H21ClN2O. The first-order valence-electron chi connectivity index (χ1n) is 7.38. The molecule has 0 aromatic heterocycles. The van der Waals surface area contributed by atoms with E-state index in [0.717, 1.165) is 31.0 Å². The molecule has 1 aliphatic carbocycles. The van der Waals surface area contributed by atoms with Crippen molar-refractivity contribution in [2.24, 2.45) is 5.92 Å². The normalized spacial score (nSPS) is 30.0. The topological polar surface area (TPSA) is 32.3 Å². The standard InChI is InChI=1S/C16H21ClN2O/c1-19-8-2-3-13(10-19)18-16(20)15-9-14(15)11-4-6-12(17)7-5-11/h4-7,13-15H,2-3,8-10H2,1H3,(H,18,20). The number of hydrogen-bond acceptors (Lipinski definition) is 2. The van der Waals surface area contributed by atoms with Crippen molar-refractivity contribution < 1.29 is 4.79 Å². The van der Waals surface area contributed by atoms with Gasteiger partial charge in [-0.1, -0.05) is 23.7 Å². The van der Waals surface area contributed by atoms with Crippen LogP contribution in [0, 0.1) is 5.92 Å². The minimum Gasteiger partial charge on any atom is -0.352 e. The molecule has 0 spiro atoms. The molecule has 1 heterocycles. The fourth-order valence-electron chi connectivity index (χ4n) is 3.16. The molecule has 1 saturated heterocycles. The minimum absolute atomic E-state index is 0.156. The highest BCUT2D eigenvalue weighted by Gasteiger charge is 2.44. The molecule has 1 N–H and O–H groups in total. The van der Waals surface area contributed by atoms with Gasteiger partial charge in [-0.3, -0.25) is 4.79 Å². The van der Waals surface area contributed by atoms with Gasteiger partial charge in [0.15, 0.2) is 0 Å². The van der Waals surface area contributed by atoms with Crippen LogP contribution < -0.4 is 5.32 Å². The first kappa shape index (κ1) is 13.9. The lowest BCUT2D eigenvalue weighted by Gasteiger charge is -2.30. The van der Waals surface area contributed by atoms with Crippen molar-refractivity contribution in [1.29, 1.82) is 0 Å². The first-order chi connectivity index (χ1) is 9.63. The summed E-state index contributed by atoms with van der Waals surface area (Å²) in [5.74, 6) is 0.766. The van der Waals surface area contributed by atoms with Gasteiger partial charge >= 0.3 is 0 Å². The lowest BCUT2D eigenvalue weighted by atomic mass is 10.1. The van der Waals surface area contributed by atoms with Gasteiger partial charge in [-0.15, -0.1) is 0 Å². The second-order valence-electron chi connectivity index (χ2n) is 6.11. The Morgan fingerprint density at radius 1 is 1.35 bits per heavy atom. The van der Waals surface area contributed by atoms with Gasteiger partial charge < -0.3 is 10.2 Å². The van der Waals surface area contributed by atoms with E-state index in [1.807, 2.05) is 24.3 Å². The summed E-state index contributed by atoms with van der Waals surface area (Å²) < 4.78 is 0. The van der Waals surface area contributed by atoms with Crippen LogP contribution in [0.15, 0.2) is 24.3 Å². The van der Waals surface area contributed by atoms with Crippen LogP contribution in [0.2, 0.25) is 5.02 Å². The monoisotopic (exact) mass is 292 g/mol. The Hall–Kier alpha value is -1.06. The summed E-state index contributed by atoms with van der Waals surface area (Å²) in [5, 5.41) is 3.97. The highest BCUT2D eigenvalue weighted by Crippen LogP contribution is 2.47. The van der Waals surface area contributed by atoms with Crippen molar-refractivity contribution >= 4 is 17.5 Å². The molecule has 108 valence electrons. The van der Waals surface area contributed by atoms with Crippen LogP contribution in [-0.2, 0) is 4.79 Å². The maximum Gasteiger partial charge on any atom is 0.224 e. The average molecular weight is 293 g/mol. The predicted molar refractivity (Wildman–Crippen MR) is 81.0 cm³/mol. The van der Waals surface area contributed by atoms with Gasteiger partial charge in [0.2, 0.25) is 5.91 Å². The third-order valence-electron chi connectivity index (χ3n) is 4.40. The summed E-state index contributed by atoms with van der Waals surface area (Å²) in [6.45, 7) is 2.12. The molecular weight excluding hydrogens is 272 g/mol. The predicted octanol–water partition coefficient (Wildman–Crippen LogP) is 2.65. The number of likely N-dealkylation sites (N-methyl/N-ethyl adjacent to an activating group) is 1. The second kappa shape index (κ2) is 5.74.